The number of nitrogens with two attached hydrogens (primary N) is 1. The molecule has 1 unspecified atom stereocenters. The van der Waals surface area contributed by atoms with Gasteiger partial charge in [-0.05, 0) is 41.5 Å². The van der Waals surface area contributed by atoms with Crippen LogP contribution in [0.4, 0.5) is 10.2 Å². The molecule has 12 heteroatoms. The van der Waals surface area contributed by atoms with Crippen LogP contribution in [0.25, 0.3) is 17.5 Å². The molecule has 0 spiro atoms. The number of halogens is 1. The number of amides is 1. The van der Waals surface area contributed by atoms with E-state index in [0.717, 1.165) is 16.7 Å². The van der Waals surface area contributed by atoms with Crippen molar-refractivity contribution < 1.29 is 28.6 Å². The molecule has 0 aliphatic carbocycles. The Bertz CT molecular complexity index is 1770. The summed E-state index contributed by atoms with van der Waals surface area (Å²) in [5, 5.41) is 13.6. The third kappa shape index (κ3) is 7.05. The Morgan fingerprint density at radius 1 is 1.07 bits per heavy atom. The third-order valence-electron chi connectivity index (χ3n) is 6.56. The van der Waals surface area contributed by atoms with Gasteiger partial charge in [-0.2, -0.15) is 0 Å². The molecule has 4 aromatic rings. The van der Waals surface area contributed by atoms with Crippen LogP contribution in [0.5, 0.6) is 0 Å². The summed E-state index contributed by atoms with van der Waals surface area (Å²) in [6.45, 7) is -0.133. The first kappa shape index (κ1) is 29.9. The third-order valence-corrected chi connectivity index (χ3v) is 6.56. The molecule has 44 heavy (non-hydrogen) atoms. The summed E-state index contributed by atoms with van der Waals surface area (Å²) in [6.07, 6.45) is 0.146. The lowest BCUT2D eigenvalue weighted by Crippen LogP contribution is -2.39. The number of aliphatic hydroxyl groups is 1. The average Bonchev–Trinajstić information content (AvgIpc) is 3.57. The summed E-state index contributed by atoms with van der Waals surface area (Å²) in [7, 11) is 0. The van der Waals surface area contributed by atoms with Crippen LogP contribution in [0.2, 0.25) is 0 Å². The molecule has 5 rings (SSSR count). The molecule has 4 N–H and O–H groups in total. The van der Waals surface area contributed by atoms with Gasteiger partial charge in [0.25, 0.3) is 5.56 Å². The van der Waals surface area contributed by atoms with E-state index in [0.29, 0.717) is 17.7 Å². The predicted octanol–water partition coefficient (Wildman–Crippen LogP) is 2.94. The van der Waals surface area contributed by atoms with Crippen LogP contribution in [0.1, 0.15) is 21.5 Å². The van der Waals surface area contributed by atoms with Crippen molar-refractivity contribution in [1.29, 1.82) is 0 Å². The maximum atomic E-state index is 13.7. The molecule has 1 amide bonds. The molecule has 0 bridgehead atoms. The summed E-state index contributed by atoms with van der Waals surface area (Å²) < 4.78 is 25.4. The number of esters is 1. The van der Waals surface area contributed by atoms with Gasteiger partial charge in [0.1, 0.15) is 37.2 Å². The molecule has 224 valence electrons. The SMILES string of the molecule is Nc1nc(-c2ccc(F)cc2)n(CC(=O)NC(=Cc2ccccc2)C(O)C2=NCCO2)c(=O)c1C(=O)OCc1ccccc1. The number of anilines is 1. The minimum Gasteiger partial charge on any atom is -0.477 e. The molecule has 0 radical (unpaired) electrons. The molecule has 0 saturated carbocycles. The van der Waals surface area contributed by atoms with Gasteiger partial charge in [-0.3, -0.25) is 14.2 Å². The Balaban J connectivity index is 1.49. The molecule has 2 heterocycles. The van der Waals surface area contributed by atoms with E-state index in [4.69, 9.17) is 15.2 Å². The van der Waals surface area contributed by atoms with E-state index in [9.17, 15) is 23.9 Å². The molecule has 11 nitrogen and oxygen atoms in total. The van der Waals surface area contributed by atoms with E-state index in [2.05, 4.69) is 15.3 Å². The number of nitrogens with one attached hydrogen (secondary N) is 1. The second kappa shape index (κ2) is 13.6. The predicted molar refractivity (Wildman–Crippen MR) is 161 cm³/mol. The van der Waals surface area contributed by atoms with E-state index >= 15 is 0 Å². The maximum Gasteiger partial charge on any atom is 0.347 e. The van der Waals surface area contributed by atoms with Gasteiger partial charge in [-0.15, -0.1) is 0 Å². The normalized spacial score (nSPS) is 13.5. The number of carbonyl (C=O) groups is 2. The molecule has 0 saturated heterocycles. The van der Waals surface area contributed by atoms with Crippen molar-refractivity contribution in [2.75, 3.05) is 18.9 Å². The van der Waals surface area contributed by atoms with Crippen molar-refractivity contribution in [1.82, 2.24) is 14.9 Å². The largest absolute Gasteiger partial charge is 0.477 e. The fourth-order valence-electron chi connectivity index (χ4n) is 4.43. The molecular weight excluding hydrogens is 569 g/mol. The van der Waals surface area contributed by atoms with Gasteiger partial charge in [-0.25, -0.2) is 19.2 Å². The highest BCUT2D eigenvalue weighted by Gasteiger charge is 2.27. The first-order valence-electron chi connectivity index (χ1n) is 13.6. The van der Waals surface area contributed by atoms with Gasteiger partial charge in [0.15, 0.2) is 11.7 Å². The number of aliphatic hydroxyl groups excluding tert-OH is 1. The monoisotopic (exact) mass is 597 g/mol. The topological polar surface area (TPSA) is 158 Å². The molecule has 1 atom stereocenters. The zero-order chi connectivity index (χ0) is 31.1. The highest BCUT2D eigenvalue weighted by atomic mass is 19.1. The fourth-order valence-corrected chi connectivity index (χ4v) is 4.43. The number of nitrogens with zero attached hydrogens (tertiary/aromatic N) is 3. The van der Waals surface area contributed by atoms with Crippen molar-refractivity contribution in [3.63, 3.8) is 0 Å². The molecule has 1 aliphatic heterocycles. The van der Waals surface area contributed by atoms with Crippen LogP contribution < -0.4 is 16.6 Å². The number of carbonyl (C=O) groups excluding carboxylic acids is 2. The van der Waals surface area contributed by atoms with Gasteiger partial charge >= 0.3 is 5.97 Å². The quantitative estimate of drug-likeness (QED) is 0.236. The van der Waals surface area contributed by atoms with Gasteiger partial charge in [0, 0.05) is 5.56 Å². The number of aromatic nitrogens is 2. The molecule has 1 aliphatic rings. The van der Waals surface area contributed by atoms with E-state index in [1.54, 1.807) is 60.7 Å². The summed E-state index contributed by atoms with van der Waals surface area (Å²) in [5.74, 6) is -2.77. The molecule has 1 aromatic heterocycles. The Kier molecular flexibility index (Phi) is 9.21. The smallest absolute Gasteiger partial charge is 0.347 e. The number of benzene rings is 3. The minimum atomic E-state index is -1.40. The van der Waals surface area contributed by atoms with Crippen molar-refractivity contribution >= 4 is 29.7 Å². The van der Waals surface area contributed by atoms with Crippen molar-refractivity contribution in [2.24, 2.45) is 4.99 Å². The van der Waals surface area contributed by atoms with Crippen LogP contribution in [-0.4, -0.2) is 51.7 Å². The summed E-state index contributed by atoms with van der Waals surface area (Å²) in [4.78, 5) is 48.6. The molecule has 0 fully saturated rings. The van der Waals surface area contributed by atoms with Crippen molar-refractivity contribution in [3.8, 4) is 11.4 Å². The van der Waals surface area contributed by atoms with Crippen LogP contribution in [0.3, 0.4) is 0 Å². The number of ether oxygens (including phenoxy) is 2. The number of hydrogen-bond acceptors (Lipinski definition) is 9. The van der Waals surface area contributed by atoms with E-state index < -0.39 is 47.3 Å². The van der Waals surface area contributed by atoms with Crippen LogP contribution in [0, 0.1) is 5.82 Å². The summed E-state index contributed by atoms with van der Waals surface area (Å²) in [6, 6.07) is 22.8. The first-order chi connectivity index (χ1) is 21.3. The van der Waals surface area contributed by atoms with E-state index in [1.165, 1.54) is 12.1 Å². The average molecular weight is 598 g/mol. The van der Waals surface area contributed by atoms with Gasteiger partial charge in [-0.1, -0.05) is 60.7 Å². The van der Waals surface area contributed by atoms with Gasteiger partial charge in [0.05, 0.1) is 12.2 Å². The van der Waals surface area contributed by atoms with E-state index in [-0.39, 0.29) is 36.2 Å². The standard InChI is InChI=1S/C32H28FN5O6/c33-23-13-11-22(12-14-23)29-37-28(34)26(32(42)44-19-21-9-5-2-6-10-21)31(41)38(29)18-25(39)36-24(17-20-7-3-1-4-8-20)27(40)30-35-15-16-43-30/h1-14,17,27,40H,15-16,18-19,34H2,(H,36,39). The Morgan fingerprint density at radius 2 is 1.75 bits per heavy atom. The summed E-state index contributed by atoms with van der Waals surface area (Å²) in [5.41, 5.74) is 6.22. The first-order valence-corrected chi connectivity index (χ1v) is 13.6. The number of hydrogen-bond donors (Lipinski definition) is 3. The summed E-state index contributed by atoms with van der Waals surface area (Å²) >= 11 is 0. The zero-order valence-corrected chi connectivity index (χ0v) is 23.4. The van der Waals surface area contributed by atoms with Gasteiger partial charge < -0.3 is 25.6 Å². The Labute approximate surface area is 251 Å². The minimum absolute atomic E-state index is 0.0363. The fraction of sp³-hybridized carbons (Fsp3) is 0.156. The molecular formula is C32H28FN5O6. The van der Waals surface area contributed by atoms with Crippen LogP contribution in [0.15, 0.2) is 100 Å². The Hall–Kier alpha value is -5.62. The maximum absolute atomic E-state index is 13.7. The van der Waals surface area contributed by atoms with Crippen LogP contribution >= 0.6 is 0 Å². The molecule has 3 aromatic carbocycles. The second-order valence-corrected chi connectivity index (χ2v) is 9.69. The lowest BCUT2D eigenvalue weighted by molar-refractivity contribution is -0.121. The zero-order valence-electron chi connectivity index (χ0n) is 23.4. The van der Waals surface area contributed by atoms with Crippen molar-refractivity contribution in [3.05, 3.63) is 123 Å². The number of rotatable bonds is 10. The number of aliphatic imine (C=N–C) groups is 1. The van der Waals surface area contributed by atoms with E-state index in [1.807, 2.05) is 6.07 Å². The highest BCUT2D eigenvalue weighted by molar-refractivity contribution is 5.94. The highest BCUT2D eigenvalue weighted by Crippen LogP contribution is 2.20. The van der Waals surface area contributed by atoms with Crippen molar-refractivity contribution in [2.45, 2.75) is 19.3 Å². The van der Waals surface area contributed by atoms with Crippen LogP contribution in [-0.2, 0) is 27.4 Å². The van der Waals surface area contributed by atoms with Gasteiger partial charge in [0.2, 0.25) is 11.8 Å². The second-order valence-electron chi connectivity index (χ2n) is 9.69. The number of nitrogen functional groups attached to an aromatic ring is 1. The lowest BCUT2D eigenvalue weighted by atomic mass is 10.1. The lowest BCUT2D eigenvalue weighted by Gasteiger charge is -2.18. The Morgan fingerprint density at radius 3 is 2.41 bits per heavy atom.